The van der Waals surface area contributed by atoms with E-state index in [2.05, 4.69) is 0 Å². The molecule has 7 heteroatoms. The van der Waals surface area contributed by atoms with Crippen LogP contribution in [0.5, 0.6) is 0 Å². The van der Waals surface area contributed by atoms with Crippen molar-refractivity contribution >= 4 is 11.5 Å². The van der Waals surface area contributed by atoms with E-state index in [-0.39, 0.29) is 0 Å². The fourth-order valence-electron chi connectivity index (χ4n) is 1.09. The van der Waals surface area contributed by atoms with Crippen molar-refractivity contribution in [3.63, 3.8) is 0 Å². The van der Waals surface area contributed by atoms with E-state index in [0.29, 0.717) is 6.08 Å². The van der Waals surface area contributed by atoms with Gasteiger partial charge in [0.1, 0.15) is 5.76 Å². The fourth-order valence-corrected chi connectivity index (χ4v) is 1.09. The van der Waals surface area contributed by atoms with Crippen LogP contribution in [0.4, 0.5) is 22.0 Å². The fraction of sp³-hybridized carbons (Fsp3) is 0.100. The standard InChI is InChI=1S/C10H5F5O2/c1-3(16)2-4(17)5-6(11)8(13)10(15)9(14)7(5)12/h2,17H,1H3/b4-2-. The first-order valence-electron chi connectivity index (χ1n) is 4.20. The summed E-state index contributed by atoms with van der Waals surface area (Å²) in [5.41, 5.74) is -1.53. The van der Waals surface area contributed by atoms with Gasteiger partial charge in [-0.1, -0.05) is 0 Å². The third-order valence-corrected chi connectivity index (χ3v) is 1.81. The number of benzene rings is 1. The number of ketones is 1. The molecule has 0 radical (unpaired) electrons. The van der Waals surface area contributed by atoms with Gasteiger partial charge >= 0.3 is 0 Å². The average Bonchev–Trinajstić information content (AvgIpc) is 2.23. The van der Waals surface area contributed by atoms with E-state index < -0.39 is 46.2 Å². The Hall–Kier alpha value is -1.92. The molecule has 0 aliphatic rings. The summed E-state index contributed by atoms with van der Waals surface area (Å²) in [6.45, 7) is 0.933. The lowest BCUT2D eigenvalue weighted by atomic mass is 10.1. The second kappa shape index (κ2) is 4.52. The number of carbonyl (C=O) groups excluding carboxylic acids is 1. The summed E-state index contributed by atoms with van der Waals surface area (Å²) in [7, 11) is 0. The molecule has 0 saturated carbocycles. The van der Waals surface area contributed by atoms with Crippen LogP contribution >= 0.6 is 0 Å². The molecule has 0 amide bonds. The molecule has 0 bridgehead atoms. The van der Waals surface area contributed by atoms with E-state index in [1.54, 1.807) is 0 Å². The lowest BCUT2D eigenvalue weighted by molar-refractivity contribution is -0.112. The molecule has 0 atom stereocenters. The second-order valence-corrected chi connectivity index (χ2v) is 3.09. The summed E-state index contributed by atoms with van der Waals surface area (Å²) < 4.78 is 64.2. The number of hydrogen-bond donors (Lipinski definition) is 1. The Kier molecular flexibility index (Phi) is 3.50. The van der Waals surface area contributed by atoms with Gasteiger partial charge in [0.15, 0.2) is 29.1 Å². The van der Waals surface area contributed by atoms with Gasteiger partial charge in [0.25, 0.3) is 0 Å². The first kappa shape index (κ1) is 13.1. The first-order valence-corrected chi connectivity index (χ1v) is 4.20. The molecule has 17 heavy (non-hydrogen) atoms. The van der Waals surface area contributed by atoms with Crippen LogP contribution in [0.3, 0.4) is 0 Å². The predicted octanol–water partition coefficient (Wildman–Crippen LogP) is 2.87. The lowest BCUT2D eigenvalue weighted by Gasteiger charge is -2.06. The monoisotopic (exact) mass is 252 g/mol. The van der Waals surface area contributed by atoms with E-state index in [4.69, 9.17) is 5.11 Å². The molecular weight excluding hydrogens is 247 g/mol. The second-order valence-electron chi connectivity index (χ2n) is 3.09. The van der Waals surface area contributed by atoms with Gasteiger partial charge in [0.2, 0.25) is 5.82 Å². The smallest absolute Gasteiger partial charge is 0.200 e. The summed E-state index contributed by atoms with van der Waals surface area (Å²) in [4.78, 5) is 10.5. The van der Waals surface area contributed by atoms with E-state index in [1.807, 2.05) is 0 Å². The van der Waals surface area contributed by atoms with Gasteiger partial charge in [-0.2, -0.15) is 0 Å². The van der Waals surface area contributed by atoms with Crippen molar-refractivity contribution in [2.45, 2.75) is 6.92 Å². The van der Waals surface area contributed by atoms with E-state index >= 15 is 0 Å². The number of halogens is 5. The van der Waals surface area contributed by atoms with Crippen LogP contribution in [0.2, 0.25) is 0 Å². The van der Waals surface area contributed by atoms with E-state index in [1.165, 1.54) is 0 Å². The number of aliphatic hydroxyl groups excluding tert-OH is 1. The van der Waals surface area contributed by atoms with Crippen LogP contribution in [-0.4, -0.2) is 10.9 Å². The van der Waals surface area contributed by atoms with Crippen molar-refractivity contribution in [1.29, 1.82) is 0 Å². The molecule has 2 nitrogen and oxygen atoms in total. The number of carbonyl (C=O) groups is 1. The normalized spacial score (nSPS) is 11.8. The summed E-state index contributed by atoms with van der Waals surface area (Å²) >= 11 is 0. The van der Waals surface area contributed by atoms with Crippen molar-refractivity contribution in [3.05, 3.63) is 40.7 Å². The van der Waals surface area contributed by atoms with Crippen molar-refractivity contribution in [2.75, 3.05) is 0 Å². The Morgan fingerprint density at radius 3 is 1.65 bits per heavy atom. The highest BCUT2D eigenvalue weighted by Gasteiger charge is 2.27. The number of aliphatic hydroxyl groups is 1. The molecule has 0 saturated heterocycles. The van der Waals surface area contributed by atoms with Crippen LogP contribution in [-0.2, 0) is 4.79 Å². The van der Waals surface area contributed by atoms with E-state index in [0.717, 1.165) is 6.92 Å². The number of hydrogen-bond acceptors (Lipinski definition) is 2. The Morgan fingerprint density at radius 2 is 1.29 bits per heavy atom. The summed E-state index contributed by atoms with van der Waals surface area (Å²) in [5, 5.41) is 9.10. The highest BCUT2D eigenvalue weighted by Crippen LogP contribution is 2.27. The highest BCUT2D eigenvalue weighted by molar-refractivity contribution is 5.93. The molecule has 0 aromatic heterocycles. The lowest BCUT2D eigenvalue weighted by Crippen LogP contribution is -2.07. The minimum Gasteiger partial charge on any atom is -0.507 e. The average molecular weight is 252 g/mol. The van der Waals surface area contributed by atoms with Crippen LogP contribution < -0.4 is 0 Å². The summed E-state index contributed by atoms with van der Waals surface area (Å²) in [5.74, 6) is -13.3. The molecule has 0 unspecified atom stereocenters. The molecule has 0 spiro atoms. The van der Waals surface area contributed by atoms with Gasteiger partial charge in [-0.05, 0) is 6.92 Å². The SMILES string of the molecule is CC(=O)/C=C(\O)c1c(F)c(F)c(F)c(F)c1F. The quantitative estimate of drug-likeness (QED) is 0.289. The molecule has 0 aliphatic carbocycles. The Balaban J connectivity index is 3.61. The molecule has 0 heterocycles. The molecule has 1 aromatic rings. The molecule has 1 aromatic carbocycles. The number of rotatable bonds is 2. The zero-order valence-electron chi connectivity index (χ0n) is 8.32. The van der Waals surface area contributed by atoms with Crippen molar-refractivity contribution in [2.24, 2.45) is 0 Å². The largest absolute Gasteiger partial charge is 0.507 e. The maximum absolute atomic E-state index is 13.1. The van der Waals surface area contributed by atoms with Gasteiger partial charge < -0.3 is 5.11 Å². The minimum atomic E-state index is -2.33. The Labute approximate surface area is 92.0 Å². The maximum atomic E-state index is 13.1. The van der Waals surface area contributed by atoms with Crippen molar-refractivity contribution in [1.82, 2.24) is 0 Å². The zero-order chi connectivity index (χ0) is 13.3. The van der Waals surface area contributed by atoms with Crippen LogP contribution in [0.1, 0.15) is 12.5 Å². The molecule has 0 fully saturated rings. The molecule has 1 rings (SSSR count). The summed E-state index contributed by atoms with van der Waals surface area (Å²) in [6.07, 6.45) is 0.346. The minimum absolute atomic E-state index is 0.346. The molecular formula is C10H5F5O2. The first-order chi connectivity index (χ1) is 7.77. The Bertz CT molecular complexity index is 493. The topological polar surface area (TPSA) is 37.3 Å². The van der Waals surface area contributed by atoms with Gasteiger partial charge in [-0.25, -0.2) is 22.0 Å². The Morgan fingerprint density at radius 1 is 0.941 bits per heavy atom. The van der Waals surface area contributed by atoms with Gasteiger partial charge in [0.05, 0.1) is 5.56 Å². The summed E-state index contributed by atoms with van der Waals surface area (Å²) in [6, 6.07) is 0. The van der Waals surface area contributed by atoms with Crippen LogP contribution in [0, 0.1) is 29.1 Å². The van der Waals surface area contributed by atoms with Gasteiger partial charge in [0, 0.05) is 6.08 Å². The molecule has 92 valence electrons. The van der Waals surface area contributed by atoms with Crippen molar-refractivity contribution in [3.8, 4) is 0 Å². The van der Waals surface area contributed by atoms with Crippen LogP contribution in [0.15, 0.2) is 6.08 Å². The molecule has 1 N–H and O–H groups in total. The molecule has 0 aliphatic heterocycles. The third kappa shape index (κ3) is 2.27. The van der Waals surface area contributed by atoms with Gasteiger partial charge in [-0.15, -0.1) is 0 Å². The van der Waals surface area contributed by atoms with Crippen molar-refractivity contribution < 1.29 is 31.9 Å². The highest BCUT2D eigenvalue weighted by atomic mass is 19.2. The third-order valence-electron chi connectivity index (χ3n) is 1.81. The maximum Gasteiger partial charge on any atom is 0.200 e. The van der Waals surface area contributed by atoms with Crippen LogP contribution in [0.25, 0.3) is 5.76 Å². The number of allylic oxidation sites excluding steroid dienone is 1. The zero-order valence-corrected chi connectivity index (χ0v) is 8.32. The predicted molar refractivity (Wildman–Crippen MR) is 47.5 cm³/mol. The van der Waals surface area contributed by atoms with Gasteiger partial charge in [-0.3, -0.25) is 4.79 Å². The van der Waals surface area contributed by atoms with E-state index in [9.17, 15) is 26.7 Å².